The molecule has 0 N–H and O–H groups in total. The van der Waals surface area contributed by atoms with Gasteiger partial charge in [-0.25, -0.2) is 0 Å². The van der Waals surface area contributed by atoms with Crippen LogP contribution in [0.3, 0.4) is 0 Å². The fourth-order valence-corrected chi connectivity index (χ4v) is 3.84. The summed E-state index contributed by atoms with van der Waals surface area (Å²) in [6.45, 7) is 4.57. The summed E-state index contributed by atoms with van der Waals surface area (Å²) in [5.41, 5.74) is 5.80. The zero-order chi connectivity index (χ0) is 18.1. The Morgan fingerprint density at radius 3 is 2.58 bits per heavy atom. The molecule has 2 heterocycles. The van der Waals surface area contributed by atoms with E-state index in [1.165, 1.54) is 27.7 Å². The van der Waals surface area contributed by atoms with Gasteiger partial charge in [0.1, 0.15) is 0 Å². The molecule has 3 heteroatoms. The average molecular weight is 344 g/mol. The molecule has 1 saturated heterocycles. The van der Waals surface area contributed by atoms with E-state index in [9.17, 15) is 4.79 Å². The lowest BCUT2D eigenvalue weighted by molar-refractivity contribution is -0.117. The number of aromatic nitrogens is 1. The van der Waals surface area contributed by atoms with Crippen LogP contribution in [0.2, 0.25) is 0 Å². The molecule has 0 spiro atoms. The average Bonchev–Trinajstić information content (AvgIpc) is 2.90. The molecular weight excluding hydrogens is 320 g/mol. The van der Waals surface area contributed by atoms with Crippen LogP contribution in [-0.4, -0.2) is 28.3 Å². The number of nitrogens with zero attached hydrogens (tertiary/aromatic N) is 2. The molecule has 3 nitrogen and oxygen atoms in total. The molecule has 2 aromatic carbocycles. The van der Waals surface area contributed by atoms with Crippen molar-refractivity contribution in [2.45, 2.75) is 19.9 Å². The molecule has 1 aromatic heterocycles. The van der Waals surface area contributed by atoms with E-state index >= 15 is 0 Å². The van der Waals surface area contributed by atoms with E-state index < -0.39 is 0 Å². The molecule has 0 unspecified atom stereocenters. The van der Waals surface area contributed by atoms with Crippen LogP contribution in [-0.2, 0) is 18.4 Å². The van der Waals surface area contributed by atoms with E-state index in [2.05, 4.69) is 78.0 Å². The number of benzene rings is 2. The number of para-hydroxylation sites is 1. The summed E-state index contributed by atoms with van der Waals surface area (Å²) in [7, 11) is 2.09. The molecule has 1 aliphatic heterocycles. The van der Waals surface area contributed by atoms with Gasteiger partial charge in [0.25, 0.3) is 0 Å². The number of hydrogen-bond acceptors (Lipinski definition) is 2. The van der Waals surface area contributed by atoms with Crippen molar-refractivity contribution in [3.05, 3.63) is 77.0 Å². The second-order valence-electron chi connectivity index (χ2n) is 7.11. The number of rotatable bonds is 3. The number of ketones is 1. The summed E-state index contributed by atoms with van der Waals surface area (Å²) in [6, 6.07) is 18.9. The number of aryl methyl sites for hydroxylation is 1. The van der Waals surface area contributed by atoms with Gasteiger partial charge in [-0.05, 0) is 24.6 Å². The quantitative estimate of drug-likeness (QED) is 0.660. The summed E-state index contributed by atoms with van der Waals surface area (Å²) in [4.78, 5) is 14.9. The summed E-state index contributed by atoms with van der Waals surface area (Å²) in [5, 5.41) is 1.22. The first-order chi connectivity index (χ1) is 12.6. The third kappa shape index (κ3) is 3.11. The van der Waals surface area contributed by atoms with Crippen LogP contribution in [0, 0.1) is 6.92 Å². The van der Waals surface area contributed by atoms with Gasteiger partial charge in [0.05, 0.1) is 0 Å². The topological polar surface area (TPSA) is 25.2 Å². The van der Waals surface area contributed by atoms with Crippen molar-refractivity contribution in [3.8, 4) is 0 Å². The van der Waals surface area contributed by atoms with E-state index in [1.807, 2.05) is 6.07 Å². The standard InChI is InChI=1S/C23H24N2O/c1-17-21(20-10-6-7-11-22(20)24(17)2)14-19-16-25(13-12-23(19)26)15-18-8-4-3-5-9-18/h3-11,14H,12-13,15-16H2,1-2H3/b19-14+. The van der Waals surface area contributed by atoms with Crippen LogP contribution in [0.4, 0.5) is 0 Å². The van der Waals surface area contributed by atoms with Gasteiger partial charge in [-0.2, -0.15) is 0 Å². The van der Waals surface area contributed by atoms with Crippen molar-refractivity contribution < 1.29 is 4.79 Å². The third-order valence-electron chi connectivity index (χ3n) is 5.42. The fraction of sp³-hybridized carbons (Fsp3) is 0.261. The van der Waals surface area contributed by atoms with Crippen LogP contribution in [0.5, 0.6) is 0 Å². The van der Waals surface area contributed by atoms with Crippen LogP contribution < -0.4 is 0 Å². The van der Waals surface area contributed by atoms with Crippen molar-refractivity contribution in [3.63, 3.8) is 0 Å². The van der Waals surface area contributed by atoms with Gasteiger partial charge in [-0.3, -0.25) is 9.69 Å². The molecule has 0 atom stereocenters. The second-order valence-corrected chi connectivity index (χ2v) is 7.11. The monoisotopic (exact) mass is 344 g/mol. The Morgan fingerprint density at radius 1 is 1.04 bits per heavy atom. The van der Waals surface area contributed by atoms with Gasteiger partial charge in [-0.1, -0.05) is 48.5 Å². The molecule has 0 radical (unpaired) electrons. The summed E-state index contributed by atoms with van der Waals surface area (Å²) in [5.74, 6) is 0.279. The number of Topliss-reactive ketones (excluding diaryl/α,β-unsaturated/α-hetero) is 1. The maximum atomic E-state index is 12.5. The number of carbonyl (C=O) groups excluding carboxylic acids is 1. The highest BCUT2D eigenvalue weighted by Gasteiger charge is 2.22. The lowest BCUT2D eigenvalue weighted by Gasteiger charge is -2.28. The number of fused-ring (bicyclic) bond motifs is 1. The fourth-order valence-electron chi connectivity index (χ4n) is 3.84. The molecule has 0 amide bonds. The van der Waals surface area contributed by atoms with Crippen LogP contribution >= 0.6 is 0 Å². The van der Waals surface area contributed by atoms with Gasteiger partial charge in [0.15, 0.2) is 5.78 Å². The number of carbonyl (C=O) groups is 1. The first kappa shape index (κ1) is 16.8. The van der Waals surface area contributed by atoms with Crippen molar-refractivity contribution in [2.24, 2.45) is 7.05 Å². The maximum Gasteiger partial charge on any atom is 0.161 e. The minimum atomic E-state index is 0.279. The van der Waals surface area contributed by atoms with E-state index in [-0.39, 0.29) is 5.78 Å². The minimum absolute atomic E-state index is 0.279. The Kier molecular flexibility index (Phi) is 4.48. The molecule has 1 fully saturated rings. The molecule has 4 rings (SSSR count). The van der Waals surface area contributed by atoms with E-state index in [4.69, 9.17) is 0 Å². The van der Waals surface area contributed by atoms with Crippen molar-refractivity contribution in [1.29, 1.82) is 0 Å². The highest BCUT2D eigenvalue weighted by molar-refractivity contribution is 6.03. The molecule has 0 bridgehead atoms. The van der Waals surface area contributed by atoms with E-state index in [0.29, 0.717) is 6.42 Å². The molecular formula is C23H24N2O. The predicted octanol–water partition coefficient (Wildman–Crippen LogP) is 4.35. The Labute approximate surface area is 154 Å². The van der Waals surface area contributed by atoms with Crippen molar-refractivity contribution in [1.82, 2.24) is 9.47 Å². The first-order valence-electron chi connectivity index (χ1n) is 9.17. The normalized spacial score (nSPS) is 17.3. The Morgan fingerprint density at radius 2 is 1.77 bits per heavy atom. The van der Waals surface area contributed by atoms with Crippen LogP contribution in [0.25, 0.3) is 17.0 Å². The smallest absolute Gasteiger partial charge is 0.161 e. The molecule has 0 saturated carbocycles. The molecule has 26 heavy (non-hydrogen) atoms. The van der Waals surface area contributed by atoms with E-state index in [1.54, 1.807) is 0 Å². The Bertz CT molecular complexity index is 982. The summed E-state index contributed by atoms with van der Waals surface area (Å²) < 4.78 is 2.21. The third-order valence-corrected chi connectivity index (χ3v) is 5.42. The molecule has 3 aromatic rings. The highest BCUT2D eigenvalue weighted by Crippen LogP contribution is 2.28. The SMILES string of the molecule is Cc1c(/C=C2\CN(Cc3ccccc3)CCC2=O)c2ccccc2n1C. The second kappa shape index (κ2) is 6.93. The van der Waals surface area contributed by atoms with E-state index in [0.717, 1.165) is 25.2 Å². The zero-order valence-corrected chi connectivity index (χ0v) is 15.4. The van der Waals surface area contributed by atoms with Crippen molar-refractivity contribution in [2.75, 3.05) is 13.1 Å². The molecule has 1 aliphatic rings. The molecule has 0 aliphatic carbocycles. The summed E-state index contributed by atoms with van der Waals surface area (Å²) in [6.07, 6.45) is 2.72. The lowest BCUT2D eigenvalue weighted by Crippen LogP contribution is -2.35. The first-order valence-corrected chi connectivity index (χ1v) is 9.17. The predicted molar refractivity (Wildman–Crippen MR) is 107 cm³/mol. The highest BCUT2D eigenvalue weighted by atomic mass is 16.1. The van der Waals surface area contributed by atoms with Gasteiger partial charge in [0, 0.05) is 60.8 Å². The van der Waals surface area contributed by atoms with Crippen LogP contribution in [0.15, 0.2) is 60.2 Å². The zero-order valence-electron chi connectivity index (χ0n) is 15.4. The minimum Gasteiger partial charge on any atom is -0.347 e. The van der Waals surface area contributed by atoms with Gasteiger partial charge in [-0.15, -0.1) is 0 Å². The molecule has 132 valence electrons. The summed E-state index contributed by atoms with van der Waals surface area (Å²) >= 11 is 0. The van der Waals surface area contributed by atoms with Crippen LogP contribution in [0.1, 0.15) is 23.2 Å². The maximum absolute atomic E-state index is 12.5. The Balaban J connectivity index is 1.66. The largest absolute Gasteiger partial charge is 0.347 e. The van der Waals surface area contributed by atoms with Gasteiger partial charge < -0.3 is 4.57 Å². The lowest BCUT2D eigenvalue weighted by atomic mass is 9.98. The van der Waals surface area contributed by atoms with Gasteiger partial charge >= 0.3 is 0 Å². The number of hydrogen-bond donors (Lipinski definition) is 0. The number of likely N-dealkylation sites (tertiary alicyclic amines) is 1. The van der Waals surface area contributed by atoms with Crippen molar-refractivity contribution >= 4 is 22.8 Å². The van der Waals surface area contributed by atoms with Gasteiger partial charge in [0.2, 0.25) is 0 Å². The number of piperidine rings is 1. The Hall–Kier alpha value is -2.65.